The van der Waals surface area contributed by atoms with Gasteiger partial charge in [0.25, 0.3) is 10.0 Å². The van der Waals surface area contributed by atoms with Crippen LogP contribution in [0.2, 0.25) is 0 Å². The van der Waals surface area contributed by atoms with Crippen LogP contribution in [-0.2, 0) is 26.0 Å². The number of guanidine groups is 1. The molecule has 2 aliphatic heterocycles. The Morgan fingerprint density at radius 1 is 1.17 bits per heavy atom. The summed E-state index contributed by atoms with van der Waals surface area (Å²) in [5, 5.41) is 19.8. The molecule has 1 fully saturated rings. The van der Waals surface area contributed by atoms with Crippen LogP contribution in [0.25, 0.3) is 0 Å². The van der Waals surface area contributed by atoms with Crippen LogP contribution in [-0.4, -0.2) is 69.3 Å². The Balaban J connectivity index is 1.60. The van der Waals surface area contributed by atoms with Crippen molar-refractivity contribution < 1.29 is 27.5 Å². The van der Waals surface area contributed by atoms with Gasteiger partial charge in [-0.05, 0) is 97.9 Å². The van der Waals surface area contributed by atoms with Gasteiger partial charge in [0.1, 0.15) is 23.0 Å². The number of rotatable bonds is 9. The Hall–Kier alpha value is -3.06. The summed E-state index contributed by atoms with van der Waals surface area (Å²) in [6.07, 6.45) is 1.34. The summed E-state index contributed by atoms with van der Waals surface area (Å²) in [7, 11) is -4.05. The smallest absolute Gasteiger partial charge is 0.408 e. The lowest BCUT2D eigenvalue weighted by molar-refractivity contribution is -0.124. The van der Waals surface area contributed by atoms with E-state index in [0.717, 1.165) is 29.8 Å². The Kier molecular flexibility index (Phi) is 9.84. The van der Waals surface area contributed by atoms with Crippen LogP contribution in [0, 0.1) is 26.2 Å². The van der Waals surface area contributed by atoms with Gasteiger partial charge in [0.15, 0.2) is 0 Å². The molecule has 2 aliphatic rings. The molecular formula is C28H46N6O6S. The number of hydrogen-bond acceptors (Lipinski definition) is 8. The fourth-order valence-corrected chi connectivity index (χ4v) is 6.71. The molecule has 0 unspecified atom stereocenters. The van der Waals surface area contributed by atoms with E-state index in [-0.39, 0.29) is 35.8 Å². The van der Waals surface area contributed by atoms with Gasteiger partial charge >= 0.3 is 6.09 Å². The lowest BCUT2D eigenvalue weighted by atomic mass is 9.94. The highest BCUT2D eigenvalue weighted by Gasteiger charge is 2.37. The molecule has 0 aromatic heterocycles. The van der Waals surface area contributed by atoms with Crippen molar-refractivity contribution in [3.8, 4) is 5.75 Å². The second kappa shape index (κ2) is 12.4. The largest absolute Gasteiger partial charge is 0.487 e. The van der Waals surface area contributed by atoms with E-state index in [2.05, 4.69) is 26.0 Å². The minimum Gasteiger partial charge on any atom is -0.487 e. The summed E-state index contributed by atoms with van der Waals surface area (Å²) in [4.78, 5) is 25.4. The van der Waals surface area contributed by atoms with Gasteiger partial charge in [-0.3, -0.25) is 10.2 Å². The molecule has 2 amide bonds. The molecule has 3 rings (SSSR count). The van der Waals surface area contributed by atoms with Crippen LogP contribution in [0.1, 0.15) is 76.1 Å². The molecule has 230 valence electrons. The third kappa shape index (κ3) is 8.48. The van der Waals surface area contributed by atoms with Crippen molar-refractivity contribution in [3.63, 3.8) is 0 Å². The number of sulfonamides is 1. The number of fused-ring (bicyclic) bond motifs is 1. The SMILES string of the molecule is Cc1c(C)c(S(=O)(=O)NC(=N)NCCC[C@H](NC(=O)OC(C)(C)C)C(=O)N[C@@H]2CCNC2)c(C)c2c1OC(C)(C)C2. The molecule has 1 saturated heterocycles. The van der Waals surface area contributed by atoms with Crippen LogP contribution in [0.4, 0.5) is 4.79 Å². The lowest BCUT2D eigenvalue weighted by Gasteiger charge is -2.24. The van der Waals surface area contributed by atoms with Crippen molar-refractivity contribution in [1.82, 2.24) is 26.0 Å². The van der Waals surface area contributed by atoms with E-state index in [9.17, 15) is 18.0 Å². The van der Waals surface area contributed by atoms with Gasteiger partial charge in [0, 0.05) is 31.1 Å². The molecule has 13 heteroatoms. The number of nitrogens with one attached hydrogen (secondary N) is 6. The number of ether oxygens (including phenoxy) is 2. The first kappa shape index (κ1) is 32.5. The van der Waals surface area contributed by atoms with E-state index in [0.29, 0.717) is 30.5 Å². The molecular weight excluding hydrogens is 548 g/mol. The van der Waals surface area contributed by atoms with Gasteiger partial charge in [-0.1, -0.05) is 0 Å². The van der Waals surface area contributed by atoms with Crippen LogP contribution >= 0.6 is 0 Å². The van der Waals surface area contributed by atoms with Crippen molar-refractivity contribution in [1.29, 1.82) is 5.41 Å². The standard InChI is InChI=1S/C28H46N6O6S/c1-16-17(2)23(18(3)20-14-28(7,8)39-22(16)20)41(37,38)34-25(29)31-12-9-10-21(33-26(36)40-27(4,5)6)24(35)32-19-11-13-30-15-19/h19,21,30H,9-15H2,1-8H3,(H,32,35)(H,33,36)(H3,29,31,34)/t19-,21+/m1/s1. The van der Waals surface area contributed by atoms with E-state index < -0.39 is 33.4 Å². The zero-order chi connectivity index (χ0) is 30.8. The number of carbonyl (C=O) groups is 2. The second-order valence-electron chi connectivity index (χ2n) is 12.5. The van der Waals surface area contributed by atoms with Gasteiger partial charge in [-0.2, -0.15) is 0 Å². The maximum atomic E-state index is 13.4. The average molecular weight is 595 g/mol. The maximum Gasteiger partial charge on any atom is 0.408 e. The number of alkyl carbamates (subject to hydrolysis) is 1. The van der Waals surface area contributed by atoms with Gasteiger partial charge in [-0.25, -0.2) is 17.9 Å². The molecule has 0 aliphatic carbocycles. The number of carbonyl (C=O) groups excluding carboxylic acids is 2. The zero-order valence-electron chi connectivity index (χ0n) is 25.5. The van der Waals surface area contributed by atoms with Gasteiger partial charge < -0.3 is 30.7 Å². The molecule has 41 heavy (non-hydrogen) atoms. The minimum absolute atomic E-state index is 0.0152. The Morgan fingerprint density at radius 2 is 1.85 bits per heavy atom. The first-order chi connectivity index (χ1) is 18.9. The van der Waals surface area contributed by atoms with Crippen molar-refractivity contribution >= 4 is 28.0 Å². The Labute approximate surface area is 243 Å². The van der Waals surface area contributed by atoms with E-state index >= 15 is 0 Å². The van der Waals surface area contributed by atoms with Crippen LogP contribution in [0.5, 0.6) is 5.75 Å². The van der Waals surface area contributed by atoms with Gasteiger partial charge in [-0.15, -0.1) is 0 Å². The first-order valence-corrected chi connectivity index (χ1v) is 15.6. The maximum absolute atomic E-state index is 13.4. The predicted molar refractivity (Wildman–Crippen MR) is 157 cm³/mol. The molecule has 6 N–H and O–H groups in total. The number of hydrogen-bond donors (Lipinski definition) is 6. The van der Waals surface area contributed by atoms with E-state index in [1.807, 2.05) is 20.8 Å². The van der Waals surface area contributed by atoms with Crippen LogP contribution < -0.4 is 30.7 Å². The third-order valence-electron chi connectivity index (χ3n) is 7.18. The monoisotopic (exact) mass is 594 g/mol. The normalized spacial score (nSPS) is 18.6. The van der Waals surface area contributed by atoms with Crippen molar-refractivity contribution in [2.75, 3.05) is 19.6 Å². The summed E-state index contributed by atoms with van der Waals surface area (Å²) < 4.78 is 40.5. The van der Waals surface area contributed by atoms with Crippen molar-refractivity contribution in [2.45, 2.75) is 109 Å². The summed E-state index contributed by atoms with van der Waals surface area (Å²) in [5.41, 5.74) is 1.70. The molecule has 0 radical (unpaired) electrons. The van der Waals surface area contributed by atoms with E-state index in [4.69, 9.17) is 14.9 Å². The summed E-state index contributed by atoms with van der Waals surface area (Å²) in [6.45, 7) is 16.2. The van der Waals surface area contributed by atoms with Gasteiger partial charge in [0.2, 0.25) is 11.9 Å². The van der Waals surface area contributed by atoms with E-state index in [1.165, 1.54) is 0 Å². The van der Waals surface area contributed by atoms with Gasteiger partial charge in [0.05, 0.1) is 4.90 Å². The summed E-state index contributed by atoms with van der Waals surface area (Å²) in [5.74, 6) is 0.0435. The molecule has 1 aromatic rings. The first-order valence-electron chi connectivity index (χ1n) is 14.1. The predicted octanol–water partition coefficient (Wildman–Crippen LogP) is 2.28. The molecule has 0 spiro atoms. The van der Waals surface area contributed by atoms with Crippen LogP contribution in [0.3, 0.4) is 0 Å². The lowest BCUT2D eigenvalue weighted by Crippen LogP contribution is -2.51. The highest BCUT2D eigenvalue weighted by atomic mass is 32.2. The molecule has 12 nitrogen and oxygen atoms in total. The van der Waals surface area contributed by atoms with Crippen molar-refractivity contribution in [3.05, 3.63) is 22.3 Å². The summed E-state index contributed by atoms with van der Waals surface area (Å²) >= 11 is 0. The molecule has 0 bridgehead atoms. The van der Waals surface area contributed by atoms with E-state index in [1.54, 1.807) is 34.6 Å². The minimum atomic E-state index is -4.05. The fraction of sp³-hybridized carbons (Fsp3) is 0.679. The highest BCUT2D eigenvalue weighted by Crippen LogP contribution is 2.43. The molecule has 1 aromatic carbocycles. The van der Waals surface area contributed by atoms with Crippen LogP contribution in [0.15, 0.2) is 4.90 Å². The highest BCUT2D eigenvalue weighted by molar-refractivity contribution is 7.90. The molecule has 0 saturated carbocycles. The number of amides is 2. The summed E-state index contributed by atoms with van der Waals surface area (Å²) in [6, 6.07) is -0.858. The Bertz CT molecular complexity index is 1280. The zero-order valence-corrected chi connectivity index (χ0v) is 26.3. The average Bonchev–Trinajstić information content (AvgIpc) is 3.45. The molecule has 2 atom stereocenters. The Morgan fingerprint density at radius 3 is 2.46 bits per heavy atom. The quantitative estimate of drug-likeness (QED) is 0.144. The third-order valence-corrected chi connectivity index (χ3v) is 8.81. The second-order valence-corrected chi connectivity index (χ2v) is 14.1. The molecule has 2 heterocycles. The topological polar surface area (TPSA) is 171 Å². The number of benzene rings is 1. The van der Waals surface area contributed by atoms with Crippen molar-refractivity contribution in [2.24, 2.45) is 0 Å². The fourth-order valence-electron chi connectivity index (χ4n) is 5.19.